The van der Waals surface area contributed by atoms with Crippen molar-refractivity contribution in [2.75, 3.05) is 18.9 Å². The standard InChI is InChI=1S/C15H18BrNO2/c1-17(10-6-2-5-9-16)15(18)14-11-12-7-3-4-8-13(12)19-14/h3-4,7-8,11H,2,5-6,9-10H2,1H3. The number of nitrogens with zero attached hydrogens (tertiary/aromatic N) is 1. The molecule has 3 nitrogen and oxygen atoms in total. The van der Waals surface area contributed by atoms with Crippen LogP contribution >= 0.6 is 15.9 Å². The molecule has 0 aliphatic rings. The summed E-state index contributed by atoms with van der Waals surface area (Å²) in [4.78, 5) is 13.9. The molecule has 0 saturated carbocycles. The summed E-state index contributed by atoms with van der Waals surface area (Å²) in [5, 5.41) is 1.99. The molecule has 0 spiro atoms. The van der Waals surface area contributed by atoms with Gasteiger partial charge in [0.05, 0.1) is 0 Å². The van der Waals surface area contributed by atoms with E-state index in [1.54, 1.807) is 4.90 Å². The third kappa shape index (κ3) is 3.60. The average Bonchev–Trinajstić information content (AvgIpc) is 2.86. The van der Waals surface area contributed by atoms with Gasteiger partial charge in [0.2, 0.25) is 0 Å². The summed E-state index contributed by atoms with van der Waals surface area (Å²) in [7, 11) is 1.82. The molecule has 4 heteroatoms. The van der Waals surface area contributed by atoms with Crippen molar-refractivity contribution in [2.45, 2.75) is 19.3 Å². The van der Waals surface area contributed by atoms with Gasteiger partial charge in [-0.05, 0) is 25.0 Å². The third-order valence-electron chi connectivity index (χ3n) is 3.11. The second kappa shape index (κ2) is 6.75. The second-order valence-electron chi connectivity index (χ2n) is 4.62. The molecule has 1 aromatic carbocycles. The molecule has 0 aliphatic carbocycles. The molecule has 0 radical (unpaired) electrons. The van der Waals surface area contributed by atoms with Gasteiger partial charge in [-0.3, -0.25) is 4.79 Å². The topological polar surface area (TPSA) is 33.5 Å². The molecule has 0 unspecified atom stereocenters. The van der Waals surface area contributed by atoms with Gasteiger partial charge >= 0.3 is 0 Å². The van der Waals surface area contributed by atoms with Crippen molar-refractivity contribution in [1.29, 1.82) is 0 Å². The highest BCUT2D eigenvalue weighted by molar-refractivity contribution is 9.09. The normalized spacial score (nSPS) is 10.8. The van der Waals surface area contributed by atoms with Crippen molar-refractivity contribution in [3.05, 3.63) is 36.1 Å². The highest BCUT2D eigenvalue weighted by Gasteiger charge is 2.16. The number of benzene rings is 1. The molecule has 1 amide bonds. The third-order valence-corrected chi connectivity index (χ3v) is 3.67. The summed E-state index contributed by atoms with van der Waals surface area (Å²) in [5.74, 6) is 0.374. The fourth-order valence-electron chi connectivity index (χ4n) is 2.00. The second-order valence-corrected chi connectivity index (χ2v) is 5.42. The number of unbranched alkanes of at least 4 members (excludes halogenated alkanes) is 2. The van der Waals surface area contributed by atoms with Crippen LogP contribution in [-0.4, -0.2) is 29.7 Å². The maximum Gasteiger partial charge on any atom is 0.289 e. The van der Waals surface area contributed by atoms with E-state index in [1.807, 2.05) is 37.4 Å². The fourth-order valence-corrected chi connectivity index (χ4v) is 2.39. The van der Waals surface area contributed by atoms with E-state index in [0.717, 1.165) is 42.1 Å². The molecule has 19 heavy (non-hydrogen) atoms. The van der Waals surface area contributed by atoms with E-state index < -0.39 is 0 Å². The minimum absolute atomic E-state index is 0.0463. The van der Waals surface area contributed by atoms with E-state index >= 15 is 0 Å². The maximum atomic E-state index is 12.2. The summed E-state index contributed by atoms with van der Waals surface area (Å²) < 4.78 is 5.58. The summed E-state index contributed by atoms with van der Waals surface area (Å²) in [5.41, 5.74) is 0.763. The van der Waals surface area contributed by atoms with Crippen LogP contribution in [0.25, 0.3) is 11.0 Å². The SMILES string of the molecule is CN(CCCCCBr)C(=O)c1cc2ccccc2o1. The molecule has 2 aromatic rings. The molecule has 2 rings (SSSR count). The van der Waals surface area contributed by atoms with Crippen molar-refractivity contribution < 1.29 is 9.21 Å². The van der Waals surface area contributed by atoms with Crippen LogP contribution in [0.4, 0.5) is 0 Å². The van der Waals surface area contributed by atoms with Crippen LogP contribution in [0.3, 0.4) is 0 Å². The first-order chi connectivity index (χ1) is 9.22. The number of rotatable bonds is 6. The first-order valence-electron chi connectivity index (χ1n) is 6.52. The number of amides is 1. The van der Waals surface area contributed by atoms with Gasteiger partial charge in [0.1, 0.15) is 5.58 Å². The minimum atomic E-state index is -0.0463. The van der Waals surface area contributed by atoms with Crippen molar-refractivity contribution in [3.8, 4) is 0 Å². The fraction of sp³-hybridized carbons (Fsp3) is 0.400. The zero-order chi connectivity index (χ0) is 13.7. The van der Waals surface area contributed by atoms with Gasteiger partial charge in [-0.25, -0.2) is 0 Å². The highest BCUT2D eigenvalue weighted by Crippen LogP contribution is 2.19. The van der Waals surface area contributed by atoms with E-state index in [2.05, 4.69) is 15.9 Å². The smallest absolute Gasteiger partial charge is 0.289 e. The monoisotopic (exact) mass is 323 g/mol. The van der Waals surface area contributed by atoms with Crippen molar-refractivity contribution in [1.82, 2.24) is 4.90 Å². The lowest BCUT2D eigenvalue weighted by Gasteiger charge is -2.15. The number of para-hydroxylation sites is 1. The van der Waals surface area contributed by atoms with Crippen molar-refractivity contribution in [2.24, 2.45) is 0 Å². The molecule has 0 bridgehead atoms. The number of hydrogen-bond donors (Lipinski definition) is 0. The van der Waals surface area contributed by atoms with Crippen LogP contribution in [0.15, 0.2) is 34.7 Å². The predicted molar refractivity (Wildman–Crippen MR) is 80.8 cm³/mol. The van der Waals surface area contributed by atoms with Crippen molar-refractivity contribution in [3.63, 3.8) is 0 Å². The van der Waals surface area contributed by atoms with Gasteiger partial charge in [0, 0.05) is 24.3 Å². The lowest BCUT2D eigenvalue weighted by atomic mass is 10.2. The molecule has 1 aromatic heterocycles. The summed E-state index contributed by atoms with van der Waals surface area (Å²) in [6.07, 6.45) is 3.30. The van der Waals surface area contributed by atoms with E-state index in [0.29, 0.717) is 5.76 Å². The van der Waals surface area contributed by atoms with E-state index in [1.165, 1.54) is 0 Å². The Balaban J connectivity index is 1.98. The van der Waals surface area contributed by atoms with Gasteiger partial charge in [-0.1, -0.05) is 40.5 Å². The predicted octanol–water partition coefficient (Wildman–Crippen LogP) is 4.07. The molecule has 102 valence electrons. The van der Waals surface area contributed by atoms with Gasteiger partial charge in [-0.15, -0.1) is 0 Å². The first kappa shape index (κ1) is 14.1. The van der Waals surface area contributed by atoms with Crippen molar-refractivity contribution >= 4 is 32.8 Å². The number of carbonyl (C=O) groups excluding carboxylic acids is 1. The summed E-state index contributed by atoms with van der Waals surface area (Å²) in [6.45, 7) is 0.767. The number of furan rings is 1. The number of hydrogen-bond acceptors (Lipinski definition) is 2. The number of halogens is 1. The van der Waals surface area contributed by atoms with E-state index in [-0.39, 0.29) is 5.91 Å². The largest absolute Gasteiger partial charge is 0.451 e. The van der Waals surface area contributed by atoms with Gasteiger partial charge in [0.15, 0.2) is 5.76 Å². The molecular formula is C15H18BrNO2. The lowest BCUT2D eigenvalue weighted by molar-refractivity contribution is 0.0763. The number of fused-ring (bicyclic) bond motifs is 1. The number of carbonyl (C=O) groups is 1. The Labute approximate surface area is 121 Å². The van der Waals surface area contributed by atoms with Gasteiger partial charge in [0.25, 0.3) is 5.91 Å². The minimum Gasteiger partial charge on any atom is -0.451 e. The quantitative estimate of drug-likeness (QED) is 0.593. The Kier molecular flexibility index (Phi) is 5.02. The summed E-state index contributed by atoms with van der Waals surface area (Å²) >= 11 is 3.41. The Hall–Kier alpha value is -1.29. The van der Waals surface area contributed by atoms with Crippen LogP contribution in [0.2, 0.25) is 0 Å². The first-order valence-corrected chi connectivity index (χ1v) is 7.64. The average molecular weight is 324 g/mol. The maximum absolute atomic E-state index is 12.2. The molecule has 0 atom stereocenters. The highest BCUT2D eigenvalue weighted by atomic mass is 79.9. The molecule has 0 fully saturated rings. The molecule has 0 N–H and O–H groups in total. The van der Waals surface area contributed by atoms with Crippen LogP contribution in [-0.2, 0) is 0 Å². The summed E-state index contributed by atoms with van der Waals surface area (Å²) in [6, 6.07) is 9.49. The van der Waals surface area contributed by atoms with Gasteiger partial charge in [-0.2, -0.15) is 0 Å². The molecule has 0 saturated heterocycles. The number of alkyl halides is 1. The van der Waals surface area contributed by atoms with Crippen LogP contribution in [0.5, 0.6) is 0 Å². The van der Waals surface area contributed by atoms with Crippen LogP contribution in [0, 0.1) is 0 Å². The van der Waals surface area contributed by atoms with E-state index in [4.69, 9.17) is 4.42 Å². The van der Waals surface area contributed by atoms with Crippen LogP contribution in [0.1, 0.15) is 29.8 Å². The Bertz CT molecular complexity index is 517. The Morgan fingerprint density at radius 3 is 2.79 bits per heavy atom. The zero-order valence-electron chi connectivity index (χ0n) is 11.1. The molecule has 1 heterocycles. The molecular weight excluding hydrogens is 306 g/mol. The van der Waals surface area contributed by atoms with Crippen LogP contribution < -0.4 is 0 Å². The van der Waals surface area contributed by atoms with E-state index in [9.17, 15) is 4.79 Å². The lowest BCUT2D eigenvalue weighted by Crippen LogP contribution is -2.27. The zero-order valence-corrected chi connectivity index (χ0v) is 12.6. The molecule has 0 aliphatic heterocycles. The Morgan fingerprint density at radius 1 is 1.26 bits per heavy atom. The van der Waals surface area contributed by atoms with Gasteiger partial charge < -0.3 is 9.32 Å². The Morgan fingerprint density at radius 2 is 2.05 bits per heavy atom.